The van der Waals surface area contributed by atoms with Crippen LogP contribution in [0.4, 0.5) is 0 Å². The molecule has 48 valence electrons. The van der Waals surface area contributed by atoms with Gasteiger partial charge >= 0.3 is 0 Å². The first-order valence-electron chi connectivity index (χ1n) is 2.62. The fourth-order valence-corrected chi connectivity index (χ4v) is 0.314. The highest BCUT2D eigenvalue weighted by atomic mass is 16.5. The number of hydrogen-bond acceptors (Lipinski definition) is 3. The van der Waals surface area contributed by atoms with Crippen LogP contribution in [0.2, 0.25) is 0 Å². The van der Waals surface area contributed by atoms with Crippen LogP contribution in [0.15, 0.2) is 4.99 Å². The normalized spacial score (nSPS) is 9.12. The molecule has 8 heavy (non-hydrogen) atoms. The smallest absolute Gasteiger partial charge is 0.0662 e. The zero-order chi connectivity index (χ0) is 6.24. The fourth-order valence-electron chi connectivity index (χ4n) is 0.314. The zero-order valence-corrected chi connectivity index (χ0v) is 4.97. The minimum absolute atomic E-state index is 0.580. The van der Waals surface area contributed by atoms with Crippen molar-refractivity contribution in [3.63, 3.8) is 0 Å². The van der Waals surface area contributed by atoms with Crippen LogP contribution in [0.5, 0.6) is 0 Å². The molecule has 0 radical (unpaired) electrons. The number of hydrogen-bond donors (Lipinski definition) is 1. The molecule has 0 spiro atoms. The number of ether oxygens (including phenoxy) is 1. The van der Waals surface area contributed by atoms with Gasteiger partial charge in [0.2, 0.25) is 0 Å². The van der Waals surface area contributed by atoms with Crippen molar-refractivity contribution >= 4 is 6.72 Å². The SMILES string of the molecule is C=NCCOCCN. The van der Waals surface area contributed by atoms with E-state index in [1.54, 1.807) is 0 Å². The molecule has 2 N–H and O–H groups in total. The van der Waals surface area contributed by atoms with Crippen molar-refractivity contribution in [2.45, 2.75) is 0 Å². The zero-order valence-electron chi connectivity index (χ0n) is 4.97. The predicted octanol–water partition coefficient (Wildman–Crippen LogP) is -0.338. The Kier molecular flexibility index (Phi) is 6.25. The number of nitrogens with zero attached hydrogens (tertiary/aromatic N) is 1. The molecule has 3 heteroatoms. The second kappa shape index (κ2) is 6.59. The van der Waals surface area contributed by atoms with E-state index < -0.39 is 0 Å². The Labute approximate surface area is 49.5 Å². The largest absolute Gasteiger partial charge is 0.378 e. The van der Waals surface area contributed by atoms with E-state index in [9.17, 15) is 0 Å². The number of rotatable bonds is 5. The maximum Gasteiger partial charge on any atom is 0.0662 e. The Morgan fingerprint density at radius 1 is 1.50 bits per heavy atom. The van der Waals surface area contributed by atoms with Gasteiger partial charge in [0.1, 0.15) is 0 Å². The molecule has 0 amide bonds. The van der Waals surface area contributed by atoms with Crippen molar-refractivity contribution < 1.29 is 4.74 Å². The van der Waals surface area contributed by atoms with Crippen molar-refractivity contribution in [1.82, 2.24) is 0 Å². The lowest BCUT2D eigenvalue weighted by molar-refractivity contribution is 0.149. The van der Waals surface area contributed by atoms with Gasteiger partial charge in [-0.15, -0.1) is 0 Å². The van der Waals surface area contributed by atoms with E-state index in [0.29, 0.717) is 26.3 Å². The van der Waals surface area contributed by atoms with Crippen LogP contribution in [-0.2, 0) is 4.74 Å². The third-order valence-corrected chi connectivity index (χ3v) is 0.656. The molecule has 0 aliphatic carbocycles. The number of nitrogens with two attached hydrogens (primary N) is 1. The third-order valence-electron chi connectivity index (χ3n) is 0.656. The van der Waals surface area contributed by atoms with Crippen molar-refractivity contribution in [3.05, 3.63) is 0 Å². The molecule has 0 fully saturated rings. The molecule has 0 aromatic heterocycles. The molecule has 0 aromatic rings. The molecule has 0 bridgehead atoms. The van der Waals surface area contributed by atoms with Crippen molar-refractivity contribution in [3.8, 4) is 0 Å². The van der Waals surface area contributed by atoms with Gasteiger partial charge in [0.15, 0.2) is 0 Å². The summed E-state index contributed by atoms with van der Waals surface area (Å²) in [6.07, 6.45) is 0. The Balaban J connectivity index is 2.62. The van der Waals surface area contributed by atoms with Crippen molar-refractivity contribution in [1.29, 1.82) is 0 Å². The predicted molar refractivity (Wildman–Crippen MR) is 34.3 cm³/mol. The fraction of sp³-hybridized carbons (Fsp3) is 0.800. The van der Waals surface area contributed by atoms with E-state index in [0.717, 1.165) is 0 Å². The Morgan fingerprint density at radius 2 is 2.25 bits per heavy atom. The molecule has 0 saturated carbocycles. The first-order valence-corrected chi connectivity index (χ1v) is 2.62. The van der Waals surface area contributed by atoms with E-state index in [2.05, 4.69) is 11.7 Å². The van der Waals surface area contributed by atoms with Gasteiger partial charge in [-0.25, -0.2) is 0 Å². The molecule has 0 rings (SSSR count). The summed E-state index contributed by atoms with van der Waals surface area (Å²) in [6.45, 7) is 5.80. The summed E-state index contributed by atoms with van der Waals surface area (Å²) in [4.78, 5) is 3.59. The van der Waals surface area contributed by atoms with Crippen LogP contribution in [0, 0.1) is 0 Å². The Bertz CT molecular complexity index is 56.4. The highest BCUT2D eigenvalue weighted by Crippen LogP contribution is 1.71. The highest BCUT2D eigenvalue weighted by molar-refractivity contribution is 5.22. The van der Waals surface area contributed by atoms with Gasteiger partial charge in [-0.05, 0) is 6.72 Å². The molecule has 0 aliphatic heterocycles. The van der Waals surface area contributed by atoms with E-state index in [-0.39, 0.29) is 0 Å². The lowest BCUT2D eigenvalue weighted by Gasteiger charge is -1.96. The lowest BCUT2D eigenvalue weighted by atomic mass is 10.7. The van der Waals surface area contributed by atoms with Gasteiger partial charge in [-0.2, -0.15) is 0 Å². The first kappa shape index (κ1) is 7.59. The van der Waals surface area contributed by atoms with Crippen molar-refractivity contribution in [2.24, 2.45) is 10.7 Å². The van der Waals surface area contributed by atoms with Crippen LogP contribution < -0.4 is 5.73 Å². The van der Waals surface area contributed by atoms with E-state index in [4.69, 9.17) is 10.5 Å². The van der Waals surface area contributed by atoms with Gasteiger partial charge in [0.05, 0.1) is 19.8 Å². The standard InChI is InChI=1S/C5H12N2O/c1-7-3-5-8-4-2-6/h1-6H2. The van der Waals surface area contributed by atoms with Crippen LogP contribution in [0.1, 0.15) is 0 Å². The summed E-state index contributed by atoms with van der Waals surface area (Å²) in [5.74, 6) is 0. The molecular weight excluding hydrogens is 104 g/mol. The summed E-state index contributed by atoms with van der Waals surface area (Å²) >= 11 is 0. The molecule has 3 nitrogen and oxygen atoms in total. The Morgan fingerprint density at radius 3 is 2.75 bits per heavy atom. The quantitative estimate of drug-likeness (QED) is 0.394. The van der Waals surface area contributed by atoms with Crippen LogP contribution >= 0.6 is 0 Å². The summed E-state index contributed by atoms with van der Waals surface area (Å²) < 4.78 is 4.96. The minimum atomic E-state index is 0.580. The van der Waals surface area contributed by atoms with E-state index >= 15 is 0 Å². The molecule has 0 aliphatic rings. The second-order valence-corrected chi connectivity index (χ2v) is 1.35. The lowest BCUT2D eigenvalue weighted by Crippen LogP contribution is -2.09. The average molecular weight is 116 g/mol. The van der Waals surface area contributed by atoms with E-state index in [1.165, 1.54) is 0 Å². The topological polar surface area (TPSA) is 47.6 Å². The second-order valence-electron chi connectivity index (χ2n) is 1.35. The maximum atomic E-state index is 5.14. The van der Waals surface area contributed by atoms with E-state index in [1.807, 2.05) is 0 Å². The monoisotopic (exact) mass is 116 g/mol. The van der Waals surface area contributed by atoms with Gasteiger partial charge in [-0.1, -0.05) is 0 Å². The van der Waals surface area contributed by atoms with Gasteiger partial charge in [0, 0.05) is 6.54 Å². The molecule has 0 atom stereocenters. The highest BCUT2D eigenvalue weighted by Gasteiger charge is 1.80. The summed E-state index contributed by atoms with van der Waals surface area (Å²) in [5.41, 5.74) is 5.14. The molecular formula is C5H12N2O. The van der Waals surface area contributed by atoms with Gasteiger partial charge < -0.3 is 10.5 Å². The number of aliphatic imine (C=N–C) groups is 1. The van der Waals surface area contributed by atoms with Crippen molar-refractivity contribution in [2.75, 3.05) is 26.3 Å². The molecule has 0 heterocycles. The van der Waals surface area contributed by atoms with Crippen LogP contribution in [0.25, 0.3) is 0 Å². The molecule has 0 saturated heterocycles. The Hall–Kier alpha value is -0.410. The minimum Gasteiger partial charge on any atom is -0.378 e. The average Bonchev–Trinajstić information content (AvgIpc) is 1.81. The first-order chi connectivity index (χ1) is 3.91. The van der Waals surface area contributed by atoms with Gasteiger partial charge in [-0.3, -0.25) is 4.99 Å². The van der Waals surface area contributed by atoms with Crippen LogP contribution in [0.3, 0.4) is 0 Å². The summed E-state index contributed by atoms with van der Waals surface area (Å²) in [6, 6.07) is 0. The maximum absolute atomic E-state index is 5.14. The molecule has 0 aromatic carbocycles. The van der Waals surface area contributed by atoms with Crippen LogP contribution in [-0.4, -0.2) is 33.0 Å². The third kappa shape index (κ3) is 5.59. The molecule has 0 unspecified atom stereocenters. The summed E-state index contributed by atoms with van der Waals surface area (Å²) in [7, 11) is 0. The summed E-state index contributed by atoms with van der Waals surface area (Å²) in [5, 5.41) is 0. The van der Waals surface area contributed by atoms with Gasteiger partial charge in [0.25, 0.3) is 0 Å².